The first-order chi connectivity index (χ1) is 12.9. The molecule has 0 aliphatic carbocycles. The van der Waals surface area contributed by atoms with E-state index in [1.807, 2.05) is 37.3 Å². The molecule has 2 aromatic heterocycles. The number of rotatable bonds is 3. The maximum absolute atomic E-state index is 13.5. The van der Waals surface area contributed by atoms with Crippen molar-refractivity contribution in [2.45, 2.75) is 11.8 Å². The van der Waals surface area contributed by atoms with Gasteiger partial charge in [-0.3, -0.25) is 4.79 Å². The molecule has 0 saturated carbocycles. The van der Waals surface area contributed by atoms with Crippen molar-refractivity contribution in [1.29, 1.82) is 0 Å². The Balaban J connectivity index is 2.13. The van der Waals surface area contributed by atoms with Crippen LogP contribution in [0.3, 0.4) is 0 Å². The van der Waals surface area contributed by atoms with Gasteiger partial charge in [0.1, 0.15) is 5.52 Å². The summed E-state index contributed by atoms with van der Waals surface area (Å²) in [5.74, 6) is 0. The zero-order chi connectivity index (χ0) is 19.2. The highest BCUT2D eigenvalue weighted by atomic mass is 32.2. The lowest BCUT2D eigenvalue weighted by molar-refractivity contribution is 0.589. The van der Waals surface area contributed by atoms with E-state index in [1.54, 1.807) is 49.6 Å². The Morgan fingerprint density at radius 2 is 1.56 bits per heavy atom. The number of pyridine rings is 1. The first kappa shape index (κ1) is 17.3. The van der Waals surface area contributed by atoms with Crippen LogP contribution >= 0.6 is 0 Å². The van der Waals surface area contributed by atoms with Gasteiger partial charge in [0.2, 0.25) is 0 Å². The number of benzene rings is 2. The predicted octanol–water partition coefficient (Wildman–Crippen LogP) is 3.55. The summed E-state index contributed by atoms with van der Waals surface area (Å²) in [6.07, 6.45) is 1.64. The fourth-order valence-corrected chi connectivity index (χ4v) is 4.68. The average Bonchev–Trinajstić information content (AvgIpc) is 3.07. The number of hydrogen-bond donors (Lipinski definition) is 0. The first-order valence-electron chi connectivity index (χ1n) is 8.48. The molecule has 2 heterocycles. The molecule has 0 atom stereocenters. The van der Waals surface area contributed by atoms with Crippen LogP contribution in [0.15, 0.2) is 82.6 Å². The molecule has 0 spiro atoms. The minimum atomic E-state index is -3.95. The van der Waals surface area contributed by atoms with Crippen molar-refractivity contribution >= 4 is 20.9 Å². The van der Waals surface area contributed by atoms with Gasteiger partial charge in [0, 0.05) is 18.6 Å². The molecule has 0 radical (unpaired) electrons. The zero-order valence-electron chi connectivity index (χ0n) is 15.0. The van der Waals surface area contributed by atoms with Crippen LogP contribution in [-0.2, 0) is 17.1 Å². The van der Waals surface area contributed by atoms with Gasteiger partial charge in [-0.15, -0.1) is 0 Å². The lowest BCUT2D eigenvalue weighted by atomic mass is 10.1. The number of hydrogen-bond acceptors (Lipinski definition) is 3. The summed E-state index contributed by atoms with van der Waals surface area (Å²) in [5.41, 5.74) is 1.95. The number of nitrogens with zero attached hydrogens (tertiary/aromatic N) is 2. The number of fused-ring (bicyclic) bond motifs is 1. The average molecular weight is 378 g/mol. The summed E-state index contributed by atoms with van der Waals surface area (Å²) >= 11 is 0. The number of aromatic nitrogens is 2. The minimum Gasteiger partial charge on any atom is -0.317 e. The van der Waals surface area contributed by atoms with Crippen LogP contribution in [-0.4, -0.2) is 17.0 Å². The Kier molecular flexibility index (Phi) is 4.00. The Bertz CT molecular complexity index is 1300. The molecule has 2 aromatic carbocycles. The van der Waals surface area contributed by atoms with Crippen molar-refractivity contribution < 1.29 is 8.42 Å². The van der Waals surface area contributed by atoms with Crippen molar-refractivity contribution in [3.8, 4) is 11.3 Å². The van der Waals surface area contributed by atoms with Crippen molar-refractivity contribution in [3.05, 3.63) is 88.8 Å². The largest absolute Gasteiger partial charge is 0.317 e. The number of aryl methyl sites for hydroxylation is 2. The van der Waals surface area contributed by atoms with Gasteiger partial charge in [-0.1, -0.05) is 48.0 Å². The van der Waals surface area contributed by atoms with E-state index >= 15 is 0 Å². The van der Waals surface area contributed by atoms with E-state index in [1.165, 1.54) is 8.54 Å². The van der Waals surface area contributed by atoms with Crippen LogP contribution in [0.25, 0.3) is 22.2 Å². The van der Waals surface area contributed by atoms with E-state index < -0.39 is 10.0 Å². The van der Waals surface area contributed by atoms with Crippen molar-refractivity contribution in [2.75, 3.05) is 0 Å². The summed E-state index contributed by atoms with van der Waals surface area (Å²) in [4.78, 5) is 13.0. The Morgan fingerprint density at radius 1 is 0.889 bits per heavy atom. The molecule has 0 amide bonds. The van der Waals surface area contributed by atoms with Gasteiger partial charge in [0.15, 0.2) is 0 Å². The third-order valence-electron chi connectivity index (χ3n) is 4.62. The lowest BCUT2D eigenvalue weighted by Gasteiger charge is -2.12. The summed E-state index contributed by atoms with van der Waals surface area (Å²) in [7, 11) is -2.34. The summed E-state index contributed by atoms with van der Waals surface area (Å²) < 4.78 is 29.5. The Hall–Kier alpha value is -3.12. The highest BCUT2D eigenvalue weighted by Crippen LogP contribution is 2.30. The van der Waals surface area contributed by atoms with Crippen molar-refractivity contribution in [2.24, 2.45) is 7.05 Å². The zero-order valence-corrected chi connectivity index (χ0v) is 15.8. The van der Waals surface area contributed by atoms with Crippen LogP contribution in [0.4, 0.5) is 0 Å². The summed E-state index contributed by atoms with van der Waals surface area (Å²) in [5, 5.41) is 0.590. The molecule has 4 rings (SSSR count). The second kappa shape index (κ2) is 6.25. The van der Waals surface area contributed by atoms with E-state index in [9.17, 15) is 13.2 Å². The SMILES string of the molecule is Cc1ccc(S(=O)(=O)n2c(-c3ccccc3)cc3ccn(C)c(=O)c32)cc1. The topological polar surface area (TPSA) is 61.1 Å². The molecule has 27 heavy (non-hydrogen) atoms. The third kappa shape index (κ3) is 2.78. The molecule has 0 unspecified atom stereocenters. The van der Waals surface area contributed by atoms with E-state index in [2.05, 4.69) is 0 Å². The van der Waals surface area contributed by atoms with Gasteiger partial charge >= 0.3 is 0 Å². The van der Waals surface area contributed by atoms with E-state index in [0.717, 1.165) is 11.1 Å². The molecule has 0 bridgehead atoms. The smallest absolute Gasteiger partial charge is 0.275 e. The van der Waals surface area contributed by atoms with Gasteiger partial charge in [-0.25, -0.2) is 12.4 Å². The normalized spacial score (nSPS) is 11.8. The summed E-state index contributed by atoms with van der Waals surface area (Å²) in [6, 6.07) is 19.4. The molecule has 0 fully saturated rings. The van der Waals surface area contributed by atoms with Crippen molar-refractivity contribution in [3.63, 3.8) is 0 Å². The Morgan fingerprint density at radius 3 is 2.22 bits per heavy atom. The van der Waals surface area contributed by atoms with Gasteiger partial charge < -0.3 is 4.57 Å². The van der Waals surface area contributed by atoms with Crippen LogP contribution < -0.4 is 5.56 Å². The second-order valence-electron chi connectivity index (χ2n) is 6.51. The van der Waals surface area contributed by atoms with E-state index in [-0.39, 0.29) is 16.0 Å². The van der Waals surface area contributed by atoms with Gasteiger partial charge in [0.05, 0.1) is 10.6 Å². The monoisotopic (exact) mass is 378 g/mol. The van der Waals surface area contributed by atoms with Crippen molar-refractivity contribution in [1.82, 2.24) is 8.54 Å². The maximum Gasteiger partial charge on any atom is 0.275 e. The van der Waals surface area contributed by atoms with Crippen LogP contribution in [0.5, 0.6) is 0 Å². The summed E-state index contributed by atoms with van der Waals surface area (Å²) in [6.45, 7) is 1.90. The van der Waals surface area contributed by atoms with Gasteiger partial charge in [-0.2, -0.15) is 0 Å². The Labute approximate surface area is 157 Å². The van der Waals surface area contributed by atoms with Gasteiger partial charge in [-0.05, 0) is 36.8 Å². The molecule has 0 aliphatic rings. The minimum absolute atomic E-state index is 0.147. The van der Waals surface area contributed by atoms with Crippen LogP contribution in [0, 0.1) is 6.92 Å². The van der Waals surface area contributed by atoms with Crippen LogP contribution in [0.1, 0.15) is 5.56 Å². The molecule has 136 valence electrons. The van der Waals surface area contributed by atoms with E-state index in [0.29, 0.717) is 11.1 Å². The highest BCUT2D eigenvalue weighted by Gasteiger charge is 2.25. The fraction of sp³-hybridized carbons (Fsp3) is 0.0952. The molecular weight excluding hydrogens is 360 g/mol. The first-order valence-corrected chi connectivity index (χ1v) is 9.92. The van der Waals surface area contributed by atoms with Crippen LogP contribution in [0.2, 0.25) is 0 Å². The maximum atomic E-state index is 13.5. The second-order valence-corrected chi connectivity index (χ2v) is 8.30. The molecule has 5 nitrogen and oxygen atoms in total. The highest BCUT2D eigenvalue weighted by molar-refractivity contribution is 7.90. The van der Waals surface area contributed by atoms with E-state index in [4.69, 9.17) is 0 Å². The quantitative estimate of drug-likeness (QED) is 0.548. The molecule has 0 N–H and O–H groups in total. The fourth-order valence-electron chi connectivity index (χ4n) is 3.15. The molecule has 0 saturated heterocycles. The van der Waals surface area contributed by atoms with Gasteiger partial charge in [0.25, 0.3) is 15.6 Å². The third-order valence-corrected chi connectivity index (χ3v) is 6.34. The molecule has 0 aliphatic heterocycles. The molecule has 6 heteroatoms. The lowest BCUT2D eigenvalue weighted by Crippen LogP contribution is -2.22. The molecule has 4 aromatic rings. The standard InChI is InChI=1S/C21H18N2O3S/c1-15-8-10-18(11-9-15)27(25,26)23-19(16-6-4-3-5-7-16)14-17-12-13-22(2)21(24)20(17)23/h3-14H,1-2H3. The molecular formula is C21H18N2O3S. The predicted molar refractivity (Wildman–Crippen MR) is 106 cm³/mol.